The van der Waals surface area contributed by atoms with Gasteiger partial charge in [0.15, 0.2) is 0 Å². The number of carbonyl (C=O) groups is 2. The zero-order chi connectivity index (χ0) is 27.5. The van der Waals surface area contributed by atoms with Crippen molar-refractivity contribution in [3.63, 3.8) is 0 Å². The van der Waals surface area contributed by atoms with E-state index >= 15 is 0 Å². The third-order valence-electron chi connectivity index (χ3n) is 6.40. The smallest absolute Gasteiger partial charge is 0.410 e. The molecule has 0 aliphatic rings. The molecule has 0 heterocycles. The summed E-state index contributed by atoms with van der Waals surface area (Å²) in [6.45, 7) is 12.1. The van der Waals surface area contributed by atoms with Crippen LogP contribution in [0.1, 0.15) is 154 Å². The molecule has 1 aromatic rings. The molecule has 5 heteroatoms. The van der Waals surface area contributed by atoms with Crippen LogP contribution in [0.2, 0.25) is 0 Å². The number of aryl methyl sites for hydroxylation is 2. The van der Waals surface area contributed by atoms with Gasteiger partial charge in [-0.05, 0) is 64.0 Å². The van der Waals surface area contributed by atoms with Crippen LogP contribution in [-0.4, -0.2) is 17.7 Å². The number of hydrogen-bond acceptors (Lipinski definition) is 4. The van der Waals surface area contributed by atoms with Gasteiger partial charge in [-0.25, -0.2) is 4.79 Å². The van der Waals surface area contributed by atoms with Crippen LogP contribution in [0.3, 0.4) is 0 Å². The minimum atomic E-state index is -0.858. The third kappa shape index (κ3) is 16.4. The van der Waals surface area contributed by atoms with E-state index in [1.165, 1.54) is 62.5 Å². The van der Waals surface area contributed by atoms with Crippen LogP contribution in [0.5, 0.6) is 0 Å². The third-order valence-corrected chi connectivity index (χ3v) is 6.40. The summed E-state index contributed by atoms with van der Waals surface area (Å²) in [7, 11) is 0. The Labute approximate surface area is 227 Å². The summed E-state index contributed by atoms with van der Waals surface area (Å²) in [5, 5.41) is 2.83. The Morgan fingerprint density at radius 3 is 1.70 bits per heavy atom. The van der Waals surface area contributed by atoms with E-state index in [0.29, 0.717) is 6.42 Å². The second-order valence-corrected chi connectivity index (χ2v) is 11.4. The van der Waals surface area contributed by atoms with Crippen LogP contribution in [0.25, 0.3) is 0 Å². The Bertz CT molecular complexity index is 738. The van der Waals surface area contributed by atoms with Gasteiger partial charge in [0.2, 0.25) is 6.23 Å². The maximum absolute atomic E-state index is 12.8. The van der Waals surface area contributed by atoms with E-state index in [1.807, 2.05) is 20.8 Å². The summed E-state index contributed by atoms with van der Waals surface area (Å²) in [5.74, 6) is -0.282. The SMILES string of the molecule is CCCCCCCC(=O)OC(NC(=O)OC(C)(C)C)c1cc(CCCCCC)cc(CCCCCC)c1. The molecule has 1 unspecified atom stereocenters. The normalized spacial score (nSPS) is 12.3. The molecule has 0 fully saturated rings. The number of ether oxygens (including phenoxy) is 2. The fraction of sp³-hybridized carbons (Fsp3) is 0.750. The van der Waals surface area contributed by atoms with Crippen molar-refractivity contribution >= 4 is 12.1 Å². The lowest BCUT2D eigenvalue weighted by Gasteiger charge is -2.25. The van der Waals surface area contributed by atoms with Gasteiger partial charge in [-0.15, -0.1) is 0 Å². The van der Waals surface area contributed by atoms with Crippen molar-refractivity contribution in [1.82, 2.24) is 5.32 Å². The standard InChI is InChI=1S/C32H55NO4/c1-7-10-13-16-19-22-29(34)36-30(33-31(35)37-32(4,5)6)28-24-26(20-17-14-11-8-2)23-27(25-28)21-18-15-12-9-3/h23-25,30H,7-22H2,1-6H3,(H,33,35). The fourth-order valence-corrected chi connectivity index (χ4v) is 4.40. The molecule has 1 atom stereocenters. The Balaban J connectivity index is 3.09. The first-order valence-corrected chi connectivity index (χ1v) is 15.0. The van der Waals surface area contributed by atoms with Crippen molar-refractivity contribution in [2.24, 2.45) is 0 Å². The average Bonchev–Trinajstić information content (AvgIpc) is 2.83. The number of alkyl carbamates (subject to hydrolysis) is 1. The van der Waals surface area contributed by atoms with Crippen molar-refractivity contribution in [2.75, 3.05) is 0 Å². The molecule has 0 saturated carbocycles. The molecule has 0 saturated heterocycles. The van der Waals surface area contributed by atoms with Crippen molar-refractivity contribution < 1.29 is 19.1 Å². The van der Waals surface area contributed by atoms with Gasteiger partial charge in [-0.1, -0.05) is 103 Å². The molecule has 1 aromatic carbocycles. The summed E-state index contributed by atoms with van der Waals surface area (Å²) in [6, 6.07) is 6.48. The molecule has 37 heavy (non-hydrogen) atoms. The number of benzene rings is 1. The predicted octanol–water partition coefficient (Wildman–Crippen LogP) is 9.36. The Morgan fingerprint density at radius 1 is 0.730 bits per heavy atom. The molecule has 0 aliphatic carbocycles. The molecule has 212 valence electrons. The summed E-state index contributed by atoms with van der Waals surface area (Å²) < 4.78 is 11.4. The van der Waals surface area contributed by atoms with Crippen molar-refractivity contribution in [3.8, 4) is 0 Å². The lowest BCUT2D eigenvalue weighted by Crippen LogP contribution is -2.37. The van der Waals surface area contributed by atoms with Crippen molar-refractivity contribution in [3.05, 3.63) is 34.9 Å². The number of esters is 1. The second kappa shape index (κ2) is 19.1. The van der Waals surface area contributed by atoms with E-state index in [-0.39, 0.29) is 5.97 Å². The van der Waals surface area contributed by atoms with E-state index in [0.717, 1.165) is 50.5 Å². The number of amides is 1. The lowest BCUT2D eigenvalue weighted by molar-refractivity contribution is -0.151. The molecule has 1 amide bonds. The highest BCUT2D eigenvalue weighted by atomic mass is 16.6. The summed E-state index contributed by atoms with van der Waals surface area (Å²) in [5.41, 5.74) is 2.67. The largest absolute Gasteiger partial charge is 0.444 e. The number of rotatable bonds is 19. The molecule has 0 spiro atoms. The highest BCUT2D eigenvalue weighted by Gasteiger charge is 2.24. The Kier molecular flexibility index (Phi) is 17.0. The average molecular weight is 518 g/mol. The van der Waals surface area contributed by atoms with Crippen LogP contribution in [0, 0.1) is 0 Å². The zero-order valence-corrected chi connectivity index (χ0v) is 24.8. The molecule has 1 N–H and O–H groups in total. The molecule has 1 rings (SSSR count). The van der Waals surface area contributed by atoms with E-state index in [4.69, 9.17) is 9.47 Å². The fourth-order valence-electron chi connectivity index (χ4n) is 4.40. The van der Waals surface area contributed by atoms with Gasteiger partial charge >= 0.3 is 12.1 Å². The maximum atomic E-state index is 12.8. The molecular weight excluding hydrogens is 462 g/mol. The topological polar surface area (TPSA) is 64.6 Å². The van der Waals surface area contributed by atoms with Gasteiger partial charge in [0.25, 0.3) is 0 Å². The minimum absolute atomic E-state index is 0.282. The quantitative estimate of drug-likeness (QED) is 0.113. The van der Waals surface area contributed by atoms with Gasteiger partial charge < -0.3 is 9.47 Å². The van der Waals surface area contributed by atoms with E-state index in [2.05, 4.69) is 44.3 Å². The second-order valence-electron chi connectivity index (χ2n) is 11.4. The summed E-state index contributed by atoms with van der Waals surface area (Å²) in [6.07, 6.45) is 15.8. The molecule has 0 aliphatic heterocycles. The molecular formula is C32H55NO4. The lowest BCUT2D eigenvalue weighted by atomic mass is 9.97. The predicted molar refractivity (Wildman–Crippen MR) is 154 cm³/mol. The number of carbonyl (C=O) groups excluding carboxylic acids is 2. The Hall–Kier alpha value is -2.04. The molecule has 0 radical (unpaired) electrons. The number of unbranched alkanes of at least 4 members (excludes halogenated alkanes) is 10. The van der Waals surface area contributed by atoms with Crippen LogP contribution < -0.4 is 5.32 Å². The summed E-state index contributed by atoms with van der Waals surface area (Å²) in [4.78, 5) is 25.5. The van der Waals surface area contributed by atoms with Gasteiger partial charge in [0.05, 0.1) is 0 Å². The highest BCUT2D eigenvalue weighted by Crippen LogP contribution is 2.24. The van der Waals surface area contributed by atoms with Gasteiger partial charge in [-0.2, -0.15) is 0 Å². The molecule has 5 nitrogen and oxygen atoms in total. The van der Waals surface area contributed by atoms with Gasteiger partial charge in [0.1, 0.15) is 5.60 Å². The Morgan fingerprint density at radius 2 is 1.22 bits per heavy atom. The van der Waals surface area contributed by atoms with Gasteiger partial charge in [0, 0.05) is 12.0 Å². The summed E-state index contributed by atoms with van der Waals surface area (Å²) >= 11 is 0. The minimum Gasteiger partial charge on any atom is -0.444 e. The zero-order valence-electron chi connectivity index (χ0n) is 24.8. The van der Waals surface area contributed by atoms with Gasteiger partial charge in [-0.3, -0.25) is 10.1 Å². The van der Waals surface area contributed by atoms with E-state index in [1.54, 1.807) is 0 Å². The van der Waals surface area contributed by atoms with E-state index in [9.17, 15) is 9.59 Å². The van der Waals surface area contributed by atoms with Crippen LogP contribution in [0.15, 0.2) is 18.2 Å². The molecule has 0 bridgehead atoms. The first-order chi connectivity index (χ1) is 17.7. The molecule has 0 aromatic heterocycles. The first-order valence-electron chi connectivity index (χ1n) is 15.0. The number of nitrogens with one attached hydrogen (secondary N) is 1. The monoisotopic (exact) mass is 517 g/mol. The van der Waals surface area contributed by atoms with Crippen LogP contribution in [0.4, 0.5) is 4.79 Å². The van der Waals surface area contributed by atoms with Crippen molar-refractivity contribution in [1.29, 1.82) is 0 Å². The van der Waals surface area contributed by atoms with Crippen LogP contribution >= 0.6 is 0 Å². The maximum Gasteiger partial charge on any atom is 0.410 e. The highest BCUT2D eigenvalue weighted by molar-refractivity contribution is 5.71. The van der Waals surface area contributed by atoms with E-state index < -0.39 is 17.9 Å². The number of hydrogen-bond donors (Lipinski definition) is 1. The van der Waals surface area contributed by atoms with Crippen LogP contribution in [-0.2, 0) is 27.1 Å². The van der Waals surface area contributed by atoms with Crippen molar-refractivity contribution in [2.45, 2.75) is 156 Å². The first kappa shape index (κ1) is 33.0.